The van der Waals surface area contributed by atoms with Gasteiger partial charge in [0.05, 0.1) is 5.41 Å². The van der Waals surface area contributed by atoms with E-state index in [4.69, 9.17) is 0 Å². The number of hydrogen-bond donors (Lipinski definition) is 0. The van der Waals surface area contributed by atoms with Crippen molar-refractivity contribution in [1.82, 2.24) is 0 Å². The summed E-state index contributed by atoms with van der Waals surface area (Å²) >= 11 is 1.89. The molecule has 1 heterocycles. The predicted octanol–water partition coefficient (Wildman–Crippen LogP) is 18.0. The second-order valence-electron chi connectivity index (χ2n) is 17.9. The van der Waals surface area contributed by atoms with Gasteiger partial charge in [0.15, 0.2) is 0 Å². The Labute approximate surface area is 394 Å². The Hall–Kier alpha value is -8.30. The Morgan fingerprint density at radius 1 is 0.284 bits per heavy atom. The van der Waals surface area contributed by atoms with Crippen molar-refractivity contribution in [1.29, 1.82) is 0 Å². The van der Waals surface area contributed by atoms with E-state index in [2.05, 4.69) is 254 Å². The Morgan fingerprint density at radius 3 is 1.48 bits per heavy atom. The minimum Gasteiger partial charge on any atom is -0.310 e. The Morgan fingerprint density at radius 2 is 0.776 bits per heavy atom. The normalized spacial score (nSPS) is 12.9. The van der Waals surface area contributed by atoms with Gasteiger partial charge in [-0.3, -0.25) is 0 Å². The first-order valence-electron chi connectivity index (χ1n) is 23.2. The van der Waals surface area contributed by atoms with Gasteiger partial charge in [-0.1, -0.05) is 200 Å². The summed E-state index contributed by atoms with van der Waals surface area (Å²) in [6.45, 7) is 0. The van der Waals surface area contributed by atoms with Crippen LogP contribution in [0.4, 0.5) is 17.1 Å². The molecule has 67 heavy (non-hydrogen) atoms. The van der Waals surface area contributed by atoms with Crippen molar-refractivity contribution < 1.29 is 0 Å². The van der Waals surface area contributed by atoms with Crippen LogP contribution in [0.2, 0.25) is 0 Å². The van der Waals surface area contributed by atoms with Crippen LogP contribution in [0.1, 0.15) is 22.3 Å². The summed E-state index contributed by atoms with van der Waals surface area (Å²) in [6.07, 6.45) is 0. The Kier molecular flexibility index (Phi) is 8.44. The molecule has 2 aliphatic rings. The summed E-state index contributed by atoms with van der Waals surface area (Å²) < 4.78 is 2.64. The third-order valence-electron chi connectivity index (χ3n) is 14.5. The molecular formula is C65H41NS. The molecule has 0 atom stereocenters. The van der Waals surface area contributed by atoms with Crippen molar-refractivity contribution in [3.63, 3.8) is 0 Å². The van der Waals surface area contributed by atoms with E-state index in [1.165, 1.54) is 109 Å². The van der Waals surface area contributed by atoms with Crippen molar-refractivity contribution in [3.8, 4) is 55.6 Å². The van der Waals surface area contributed by atoms with Gasteiger partial charge in [-0.25, -0.2) is 0 Å². The molecule has 312 valence electrons. The van der Waals surface area contributed by atoms with E-state index >= 15 is 0 Å². The van der Waals surface area contributed by atoms with Gasteiger partial charge in [-0.2, -0.15) is 0 Å². The van der Waals surface area contributed by atoms with E-state index in [1.54, 1.807) is 0 Å². The molecule has 0 amide bonds. The van der Waals surface area contributed by atoms with Crippen molar-refractivity contribution in [2.75, 3.05) is 4.90 Å². The summed E-state index contributed by atoms with van der Waals surface area (Å²) in [4.78, 5) is 2.45. The van der Waals surface area contributed by atoms with Crippen LogP contribution in [0.15, 0.2) is 249 Å². The number of thiophene rings is 1. The SMILES string of the molecule is c1ccc(-c2cccc3c2sc2ccc(-c4ccc(N(c5ccc(-c6cccc7ccccc67)cc5)c5ccc6c(c5)C5(c7ccccc7-c7ccccc75)c5ccccc5-6)cc4)cc23)cc1. The lowest BCUT2D eigenvalue weighted by molar-refractivity contribution is 0.793. The maximum atomic E-state index is 2.49. The van der Waals surface area contributed by atoms with Crippen molar-refractivity contribution >= 4 is 59.3 Å². The molecule has 1 spiro atoms. The second kappa shape index (κ2) is 14.9. The van der Waals surface area contributed by atoms with E-state index in [9.17, 15) is 0 Å². The number of fused-ring (bicyclic) bond motifs is 14. The van der Waals surface area contributed by atoms with E-state index in [-0.39, 0.29) is 0 Å². The zero-order chi connectivity index (χ0) is 44.1. The molecule has 0 saturated heterocycles. The minimum atomic E-state index is -0.435. The van der Waals surface area contributed by atoms with Crippen LogP contribution >= 0.6 is 11.3 Å². The van der Waals surface area contributed by atoms with Gasteiger partial charge in [-0.05, 0) is 137 Å². The molecule has 0 N–H and O–H groups in total. The molecule has 0 radical (unpaired) electrons. The van der Waals surface area contributed by atoms with Gasteiger partial charge >= 0.3 is 0 Å². The van der Waals surface area contributed by atoms with Crippen molar-refractivity contribution in [2.24, 2.45) is 0 Å². The summed E-state index contributed by atoms with van der Waals surface area (Å²) in [7, 11) is 0. The molecule has 0 aliphatic heterocycles. The highest BCUT2D eigenvalue weighted by Crippen LogP contribution is 2.63. The van der Waals surface area contributed by atoms with E-state index < -0.39 is 5.41 Å². The van der Waals surface area contributed by atoms with Crippen molar-refractivity contribution in [3.05, 3.63) is 271 Å². The fourth-order valence-corrected chi connectivity index (χ4v) is 12.8. The molecule has 11 aromatic carbocycles. The first-order chi connectivity index (χ1) is 33.2. The van der Waals surface area contributed by atoms with Gasteiger partial charge in [0.25, 0.3) is 0 Å². The van der Waals surface area contributed by atoms with E-state index in [0.717, 1.165) is 17.1 Å². The van der Waals surface area contributed by atoms with Crippen LogP contribution in [0.5, 0.6) is 0 Å². The monoisotopic (exact) mass is 867 g/mol. The third kappa shape index (κ3) is 5.67. The zero-order valence-corrected chi connectivity index (χ0v) is 37.3. The molecule has 0 unspecified atom stereocenters. The number of benzene rings is 11. The molecule has 14 rings (SSSR count). The van der Waals surface area contributed by atoms with Crippen LogP contribution < -0.4 is 4.90 Å². The largest absolute Gasteiger partial charge is 0.310 e. The number of nitrogens with zero attached hydrogens (tertiary/aromatic N) is 1. The minimum absolute atomic E-state index is 0.435. The predicted molar refractivity (Wildman–Crippen MR) is 284 cm³/mol. The molecule has 0 bridgehead atoms. The number of rotatable bonds is 6. The lowest BCUT2D eigenvalue weighted by Gasteiger charge is -2.32. The fourth-order valence-electron chi connectivity index (χ4n) is 11.6. The van der Waals surface area contributed by atoms with Crippen LogP contribution in [0.25, 0.3) is 86.6 Å². The first-order valence-corrected chi connectivity index (χ1v) is 24.0. The Balaban J connectivity index is 0.921. The highest BCUT2D eigenvalue weighted by atomic mass is 32.1. The number of hydrogen-bond acceptors (Lipinski definition) is 2. The molecule has 2 aliphatic carbocycles. The summed E-state index contributed by atoms with van der Waals surface area (Å²) in [5.74, 6) is 0. The summed E-state index contributed by atoms with van der Waals surface area (Å²) in [5, 5.41) is 5.12. The maximum absolute atomic E-state index is 2.49. The van der Waals surface area contributed by atoms with E-state index in [1.807, 2.05) is 11.3 Å². The molecular weight excluding hydrogens is 827 g/mol. The Bertz CT molecular complexity index is 3850. The van der Waals surface area contributed by atoms with Crippen LogP contribution in [-0.2, 0) is 5.41 Å². The maximum Gasteiger partial charge on any atom is 0.0726 e. The first kappa shape index (κ1) is 38.0. The smallest absolute Gasteiger partial charge is 0.0726 e. The zero-order valence-electron chi connectivity index (χ0n) is 36.5. The lowest BCUT2D eigenvalue weighted by Crippen LogP contribution is -2.26. The standard InChI is InChI=1S/C65H41NS/c1-2-14-44(15-3-1)52-23-13-24-57-58-40-46(32-39-63(58)67-64(52)57)42-28-33-47(34-29-42)66(48-35-30-45(31-36-48)51-22-12-17-43-16-4-5-18-50(43)51)49-37-38-56-55-21-8-11-27-61(55)65(62(56)41-49)59-25-9-6-19-53(59)54-20-7-10-26-60(54)65/h1-41H. The molecule has 12 aromatic rings. The number of anilines is 3. The third-order valence-corrected chi connectivity index (χ3v) is 15.7. The molecule has 1 nitrogen and oxygen atoms in total. The topological polar surface area (TPSA) is 3.24 Å². The average Bonchev–Trinajstić information content (AvgIpc) is 4.03. The lowest BCUT2D eigenvalue weighted by atomic mass is 9.70. The van der Waals surface area contributed by atoms with Gasteiger partial charge in [0.2, 0.25) is 0 Å². The molecule has 0 fully saturated rings. The van der Waals surface area contributed by atoms with Crippen molar-refractivity contribution in [2.45, 2.75) is 5.41 Å². The quantitative estimate of drug-likeness (QED) is 0.161. The van der Waals surface area contributed by atoms with Gasteiger partial charge in [0, 0.05) is 37.2 Å². The second-order valence-corrected chi connectivity index (χ2v) is 19.0. The summed E-state index contributed by atoms with van der Waals surface area (Å²) in [6, 6.07) is 92.5. The van der Waals surface area contributed by atoms with E-state index in [0.29, 0.717) is 0 Å². The fraction of sp³-hybridized carbons (Fsp3) is 0.0154. The van der Waals surface area contributed by atoms with Gasteiger partial charge < -0.3 is 4.90 Å². The molecule has 2 heteroatoms. The highest BCUT2D eigenvalue weighted by molar-refractivity contribution is 7.26. The summed E-state index contributed by atoms with van der Waals surface area (Å²) in [5.41, 5.74) is 20.9. The van der Waals surface area contributed by atoms with Gasteiger partial charge in [-0.15, -0.1) is 11.3 Å². The highest BCUT2D eigenvalue weighted by Gasteiger charge is 2.51. The molecule has 1 aromatic heterocycles. The van der Waals surface area contributed by atoms with Crippen LogP contribution in [0.3, 0.4) is 0 Å². The van der Waals surface area contributed by atoms with Crippen LogP contribution in [0, 0.1) is 0 Å². The van der Waals surface area contributed by atoms with Crippen LogP contribution in [-0.4, -0.2) is 0 Å². The molecule has 0 saturated carbocycles. The average molecular weight is 868 g/mol. The van der Waals surface area contributed by atoms with Gasteiger partial charge in [0.1, 0.15) is 0 Å².